The van der Waals surface area contributed by atoms with Gasteiger partial charge in [-0.05, 0) is 24.3 Å². The van der Waals surface area contributed by atoms with Crippen molar-refractivity contribution in [3.8, 4) is 5.75 Å². The van der Waals surface area contributed by atoms with Gasteiger partial charge in [-0.3, -0.25) is 10.1 Å². The maximum Gasteiger partial charge on any atom is 0.439 e. The number of urea groups is 1. The maximum atomic E-state index is 13.4. The van der Waals surface area contributed by atoms with Crippen molar-refractivity contribution in [1.29, 1.82) is 0 Å². The van der Waals surface area contributed by atoms with Crippen LogP contribution in [0.2, 0.25) is 0 Å². The predicted octanol–water partition coefficient (Wildman–Crippen LogP) is 7.15. The minimum atomic E-state index is -6.19. The number of anilines is 2. The standard InChI is InChI=1S/C18H9F12N3O4/c19-13(17(26,27)28)18(29,30)37-12-2-1-8(6-11(12)16(23,24)25)31-14(34)32-9-3-7(15(20,21)22)4-10(5-9)33(35)36/h1-6,13H,(H2,31,32,34). The van der Waals surface area contributed by atoms with Gasteiger partial charge in [-0.1, -0.05) is 0 Å². The SMILES string of the molecule is O=C(Nc1cc([N+](=O)[O-])cc(C(F)(F)F)c1)Nc1ccc(OC(F)(F)C(F)C(F)(F)F)c(C(F)(F)F)c1. The molecule has 2 aromatic rings. The number of ether oxygens (including phenoxy) is 1. The van der Waals surface area contributed by atoms with E-state index in [0.717, 1.165) is 0 Å². The predicted molar refractivity (Wildman–Crippen MR) is 98.7 cm³/mol. The lowest BCUT2D eigenvalue weighted by Crippen LogP contribution is -2.45. The van der Waals surface area contributed by atoms with Crippen LogP contribution < -0.4 is 15.4 Å². The number of nitro groups is 1. The lowest BCUT2D eigenvalue weighted by molar-refractivity contribution is -0.385. The molecule has 0 fully saturated rings. The molecule has 0 aliphatic carbocycles. The zero-order chi connectivity index (χ0) is 28.6. The number of carbonyl (C=O) groups is 1. The zero-order valence-corrected chi connectivity index (χ0v) is 17.2. The van der Waals surface area contributed by atoms with Crippen LogP contribution in [0, 0.1) is 10.1 Å². The smallest absolute Gasteiger partial charge is 0.429 e. The zero-order valence-electron chi connectivity index (χ0n) is 17.2. The second-order valence-electron chi connectivity index (χ2n) is 6.88. The summed E-state index contributed by atoms with van der Waals surface area (Å²) in [6.07, 6.45) is -27.7. The summed E-state index contributed by atoms with van der Waals surface area (Å²) in [5.41, 5.74) is -6.58. The Morgan fingerprint density at radius 3 is 1.89 bits per heavy atom. The van der Waals surface area contributed by atoms with Crippen molar-refractivity contribution in [1.82, 2.24) is 0 Å². The van der Waals surface area contributed by atoms with Gasteiger partial charge in [-0.25, -0.2) is 9.18 Å². The van der Waals surface area contributed by atoms with Crippen molar-refractivity contribution in [2.45, 2.75) is 30.8 Å². The molecule has 37 heavy (non-hydrogen) atoms. The number of hydrogen-bond acceptors (Lipinski definition) is 4. The first-order chi connectivity index (χ1) is 16.6. The van der Waals surface area contributed by atoms with E-state index in [1.54, 1.807) is 10.6 Å². The van der Waals surface area contributed by atoms with Crippen molar-refractivity contribution >= 4 is 23.1 Å². The highest BCUT2D eigenvalue weighted by Gasteiger charge is 2.59. The molecule has 0 aromatic heterocycles. The third-order valence-corrected chi connectivity index (χ3v) is 4.09. The number of non-ortho nitro benzene ring substituents is 1. The quantitative estimate of drug-likeness (QED) is 0.223. The van der Waals surface area contributed by atoms with Gasteiger partial charge in [-0.15, -0.1) is 0 Å². The second-order valence-corrected chi connectivity index (χ2v) is 6.88. The fourth-order valence-electron chi connectivity index (χ4n) is 2.55. The summed E-state index contributed by atoms with van der Waals surface area (Å²) < 4.78 is 158. The van der Waals surface area contributed by atoms with Crippen molar-refractivity contribution in [2.24, 2.45) is 0 Å². The Labute approximate surface area is 196 Å². The number of halogens is 12. The molecule has 0 saturated heterocycles. The molecule has 0 aliphatic rings. The van der Waals surface area contributed by atoms with Crippen molar-refractivity contribution in [3.05, 3.63) is 57.6 Å². The van der Waals surface area contributed by atoms with Crippen LogP contribution in [-0.2, 0) is 12.4 Å². The molecule has 0 radical (unpaired) electrons. The van der Waals surface area contributed by atoms with Crippen LogP contribution in [0.4, 0.5) is 74.5 Å². The number of hydrogen-bond donors (Lipinski definition) is 2. The van der Waals surface area contributed by atoms with E-state index in [1.807, 2.05) is 0 Å². The summed E-state index contributed by atoms with van der Waals surface area (Å²) in [5.74, 6) is -1.95. The largest absolute Gasteiger partial charge is 0.439 e. The summed E-state index contributed by atoms with van der Waals surface area (Å²) in [6.45, 7) is 0. The van der Waals surface area contributed by atoms with Crippen LogP contribution in [0.25, 0.3) is 0 Å². The van der Waals surface area contributed by atoms with E-state index in [4.69, 9.17) is 0 Å². The van der Waals surface area contributed by atoms with E-state index >= 15 is 0 Å². The van der Waals surface area contributed by atoms with Crippen LogP contribution in [0.15, 0.2) is 36.4 Å². The first-order valence-corrected chi connectivity index (χ1v) is 9.05. The van der Waals surface area contributed by atoms with Gasteiger partial charge in [0.05, 0.1) is 16.1 Å². The molecule has 2 rings (SSSR count). The van der Waals surface area contributed by atoms with Crippen molar-refractivity contribution < 1.29 is 67.1 Å². The van der Waals surface area contributed by atoms with Gasteiger partial charge in [0.1, 0.15) is 5.75 Å². The second kappa shape index (κ2) is 9.85. The topological polar surface area (TPSA) is 93.5 Å². The number of nitrogens with one attached hydrogen (secondary N) is 2. The van der Waals surface area contributed by atoms with Gasteiger partial charge in [0.2, 0.25) is 0 Å². The molecule has 0 spiro atoms. The highest BCUT2D eigenvalue weighted by atomic mass is 19.4. The van der Waals surface area contributed by atoms with Crippen molar-refractivity contribution in [3.63, 3.8) is 0 Å². The molecule has 2 N–H and O–H groups in total. The minimum absolute atomic E-state index is 0.0184. The van der Waals surface area contributed by atoms with Crippen molar-refractivity contribution in [2.75, 3.05) is 10.6 Å². The molecule has 19 heteroatoms. The number of nitrogens with zero attached hydrogens (tertiary/aromatic N) is 1. The highest BCUT2D eigenvalue weighted by molar-refractivity contribution is 6.00. The Kier molecular flexibility index (Phi) is 7.80. The Bertz CT molecular complexity index is 1180. The lowest BCUT2D eigenvalue weighted by atomic mass is 10.1. The van der Waals surface area contributed by atoms with E-state index in [1.165, 1.54) is 0 Å². The number of amides is 2. The number of benzene rings is 2. The van der Waals surface area contributed by atoms with E-state index in [9.17, 15) is 67.6 Å². The Morgan fingerprint density at radius 2 is 1.41 bits per heavy atom. The lowest BCUT2D eigenvalue weighted by Gasteiger charge is -2.25. The Balaban J connectivity index is 2.33. The van der Waals surface area contributed by atoms with Gasteiger partial charge >= 0.3 is 30.7 Å². The highest BCUT2D eigenvalue weighted by Crippen LogP contribution is 2.42. The fraction of sp³-hybridized carbons (Fsp3) is 0.278. The van der Waals surface area contributed by atoms with Crippen LogP contribution in [0.5, 0.6) is 5.75 Å². The summed E-state index contributed by atoms with van der Waals surface area (Å²) in [6, 6.07) is -0.403. The number of rotatable bonds is 6. The molecule has 2 amide bonds. The molecule has 0 saturated carbocycles. The molecular weight excluding hydrogens is 550 g/mol. The molecule has 0 aliphatic heterocycles. The minimum Gasteiger partial charge on any atom is -0.429 e. The van der Waals surface area contributed by atoms with Gasteiger partial charge in [0.15, 0.2) is 0 Å². The normalized spacial score (nSPS) is 13.6. The van der Waals surface area contributed by atoms with Crippen LogP contribution in [-0.4, -0.2) is 29.4 Å². The van der Waals surface area contributed by atoms with Crippen LogP contribution >= 0.6 is 0 Å². The average Bonchev–Trinajstić information content (AvgIpc) is 2.71. The molecule has 204 valence electrons. The van der Waals surface area contributed by atoms with Gasteiger partial charge in [-0.2, -0.15) is 48.3 Å². The summed E-state index contributed by atoms with van der Waals surface area (Å²) in [7, 11) is 0. The third kappa shape index (κ3) is 7.53. The van der Waals surface area contributed by atoms with E-state index in [2.05, 4.69) is 4.74 Å². The molecule has 1 unspecified atom stereocenters. The Hall–Kier alpha value is -3.93. The molecule has 7 nitrogen and oxygen atoms in total. The van der Waals surface area contributed by atoms with E-state index < -0.39 is 75.7 Å². The Morgan fingerprint density at radius 1 is 0.838 bits per heavy atom. The molecule has 0 heterocycles. The number of carbonyl (C=O) groups excluding carboxylic acids is 1. The molecule has 0 bridgehead atoms. The van der Waals surface area contributed by atoms with Gasteiger partial charge in [0.25, 0.3) is 11.9 Å². The van der Waals surface area contributed by atoms with Crippen LogP contribution in [0.3, 0.4) is 0 Å². The molecule has 2 aromatic carbocycles. The van der Waals surface area contributed by atoms with Gasteiger partial charge in [0, 0.05) is 23.5 Å². The van der Waals surface area contributed by atoms with Gasteiger partial charge < -0.3 is 15.4 Å². The molecule has 1 atom stereocenters. The first-order valence-electron chi connectivity index (χ1n) is 9.05. The fourth-order valence-corrected chi connectivity index (χ4v) is 2.55. The first kappa shape index (κ1) is 29.3. The van der Waals surface area contributed by atoms with E-state index in [-0.39, 0.29) is 24.3 Å². The summed E-state index contributed by atoms with van der Waals surface area (Å²) in [4.78, 5) is 21.6. The average molecular weight is 559 g/mol. The summed E-state index contributed by atoms with van der Waals surface area (Å²) >= 11 is 0. The summed E-state index contributed by atoms with van der Waals surface area (Å²) in [5, 5.41) is 14.1. The van der Waals surface area contributed by atoms with Crippen LogP contribution in [0.1, 0.15) is 11.1 Å². The molecular formula is C18H9F12N3O4. The monoisotopic (exact) mass is 559 g/mol. The number of nitro benzene ring substituents is 1. The number of alkyl halides is 12. The third-order valence-electron chi connectivity index (χ3n) is 4.09. The van der Waals surface area contributed by atoms with E-state index in [0.29, 0.717) is 12.1 Å². The maximum absolute atomic E-state index is 13.4.